The van der Waals surface area contributed by atoms with Gasteiger partial charge in [-0.05, 0) is 30.7 Å². The number of fused-ring (bicyclic) bond motifs is 1. The van der Waals surface area contributed by atoms with Gasteiger partial charge in [-0.2, -0.15) is 0 Å². The Morgan fingerprint density at radius 3 is 2.71 bits per heavy atom. The molecule has 0 atom stereocenters. The molecule has 0 aliphatic carbocycles. The number of benzene rings is 2. The van der Waals surface area contributed by atoms with Gasteiger partial charge < -0.3 is 10.1 Å². The lowest BCUT2D eigenvalue weighted by Gasteiger charge is -2.15. The number of nitrogens with one attached hydrogen (secondary N) is 1. The van der Waals surface area contributed by atoms with E-state index in [2.05, 4.69) is 5.32 Å². The fourth-order valence-corrected chi connectivity index (χ4v) is 4.59. The van der Waals surface area contributed by atoms with Crippen LogP contribution in [-0.2, 0) is 14.3 Å². The van der Waals surface area contributed by atoms with E-state index in [4.69, 9.17) is 21.3 Å². The van der Waals surface area contributed by atoms with Gasteiger partial charge in [-0.1, -0.05) is 53.7 Å². The molecule has 3 amide bonds. The van der Waals surface area contributed by atoms with E-state index >= 15 is 0 Å². The van der Waals surface area contributed by atoms with E-state index in [1.807, 2.05) is 12.1 Å². The molecular weight excluding hydrogens is 478 g/mol. The molecule has 4 rings (SSSR count). The number of hydrogen-bond acceptors (Lipinski definition) is 7. The molecule has 1 aliphatic rings. The second kappa shape index (κ2) is 10.2. The number of esters is 1. The largest absolute Gasteiger partial charge is 0.452 e. The summed E-state index contributed by atoms with van der Waals surface area (Å²) in [5.74, 6) is -1.37. The molecule has 1 saturated heterocycles. The molecule has 0 saturated carbocycles. The summed E-state index contributed by atoms with van der Waals surface area (Å²) in [6, 6.07) is 14.4. The molecule has 174 valence electrons. The van der Waals surface area contributed by atoms with Gasteiger partial charge in [0.15, 0.2) is 6.61 Å². The number of amides is 3. The van der Waals surface area contributed by atoms with Crippen molar-refractivity contribution in [3.8, 4) is 11.3 Å². The minimum absolute atomic E-state index is 0.0709. The van der Waals surface area contributed by atoms with E-state index < -0.39 is 18.5 Å². The van der Waals surface area contributed by atoms with Crippen LogP contribution in [0.15, 0.2) is 48.5 Å². The van der Waals surface area contributed by atoms with Crippen LogP contribution in [0.25, 0.3) is 22.2 Å². The maximum atomic E-state index is 13.0. The fraction of sp³-hybridized carbons (Fsp3) is 0.208. The van der Waals surface area contributed by atoms with Gasteiger partial charge in [0.1, 0.15) is 0 Å². The van der Waals surface area contributed by atoms with Gasteiger partial charge >= 0.3 is 5.97 Å². The van der Waals surface area contributed by atoms with E-state index in [0.29, 0.717) is 32.7 Å². The number of ether oxygens (including phenoxy) is 1. The number of hydrogen-bond donors (Lipinski definition) is 1. The molecule has 2 aromatic carbocycles. The molecular formula is C24H20ClN3O5S. The lowest BCUT2D eigenvalue weighted by atomic mass is 9.98. The summed E-state index contributed by atoms with van der Waals surface area (Å²) in [7, 11) is 0. The van der Waals surface area contributed by atoms with Crippen LogP contribution in [0, 0.1) is 6.92 Å². The quantitative estimate of drug-likeness (QED) is 0.494. The number of pyridine rings is 1. The number of para-hydroxylation sites is 1. The number of nitrogens with zero attached hydrogens (tertiary/aromatic N) is 2. The molecule has 1 aliphatic heterocycles. The van der Waals surface area contributed by atoms with Crippen LogP contribution in [0.4, 0.5) is 4.79 Å². The van der Waals surface area contributed by atoms with Gasteiger partial charge in [-0.3, -0.25) is 19.3 Å². The van der Waals surface area contributed by atoms with Crippen molar-refractivity contribution in [1.29, 1.82) is 0 Å². The normalized spacial score (nSPS) is 13.4. The summed E-state index contributed by atoms with van der Waals surface area (Å²) in [5.41, 5.74) is 2.88. The van der Waals surface area contributed by atoms with Crippen molar-refractivity contribution in [2.45, 2.75) is 6.92 Å². The summed E-state index contributed by atoms with van der Waals surface area (Å²) >= 11 is 7.08. The summed E-state index contributed by atoms with van der Waals surface area (Å²) in [5, 5.41) is 3.38. The summed E-state index contributed by atoms with van der Waals surface area (Å²) in [4.78, 5) is 54.2. The van der Waals surface area contributed by atoms with Crippen molar-refractivity contribution in [3.05, 3.63) is 64.7 Å². The lowest BCUT2D eigenvalue weighted by Crippen LogP contribution is -2.38. The molecule has 10 heteroatoms. The molecule has 0 unspecified atom stereocenters. The van der Waals surface area contributed by atoms with E-state index in [1.54, 1.807) is 43.3 Å². The van der Waals surface area contributed by atoms with Crippen molar-refractivity contribution in [2.75, 3.05) is 25.4 Å². The number of carbonyl (C=O) groups excluding carboxylic acids is 4. The zero-order valence-corrected chi connectivity index (χ0v) is 19.7. The highest BCUT2D eigenvalue weighted by atomic mass is 35.5. The molecule has 0 radical (unpaired) electrons. The van der Waals surface area contributed by atoms with Crippen LogP contribution < -0.4 is 5.32 Å². The van der Waals surface area contributed by atoms with E-state index in [-0.39, 0.29) is 30.0 Å². The smallest absolute Gasteiger partial charge is 0.339 e. The molecule has 1 aromatic heterocycles. The third kappa shape index (κ3) is 5.05. The second-order valence-corrected chi connectivity index (χ2v) is 8.88. The fourth-order valence-electron chi connectivity index (χ4n) is 3.65. The number of thioether (sulfide) groups is 1. The summed E-state index contributed by atoms with van der Waals surface area (Å²) in [6.07, 6.45) is 0. The Morgan fingerprint density at radius 2 is 1.97 bits per heavy atom. The molecule has 0 spiro atoms. The monoisotopic (exact) mass is 497 g/mol. The first-order valence-corrected chi connectivity index (χ1v) is 11.8. The van der Waals surface area contributed by atoms with Gasteiger partial charge in [0.25, 0.3) is 11.1 Å². The van der Waals surface area contributed by atoms with Crippen molar-refractivity contribution in [2.24, 2.45) is 0 Å². The first-order valence-electron chi connectivity index (χ1n) is 10.4. The van der Waals surface area contributed by atoms with Crippen LogP contribution >= 0.6 is 23.4 Å². The predicted octanol–water partition coefficient (Wildman–Crippen LogP) is 3.83. The first-order chi connectivity index (χ1) is 16.3. The maximum Gasteiger partial charge on any atom is 0.339 e. The van der Waals surface area contributed by atoms with Gasteiger partial charge in [-0.15, -0.1) is 0 Å². The van der Waals surface area contributed by atoms with Crippen LogP contribution in [0.5, 0.6) is 0 Å². The molecule has 1 N–H and O–H groups in total. The average Bonchev–Trinajstić information content (AvgIpc) is 3.14. The topological polar surface area (TPSA) is 106 Å². The van der Waals surface area contributed by atoms with Crippen LogP contribution in [0.1, 0.15) is 15.9 Å². The second-order valence-electron chi connectivity index (χ2n) is 7.51. The van der Waals surface area contributed by atoms with Crippen molar-refractivity contribution >= 4 is 57.3 Å². The minimum atomic E-state index is -0.657. The van der Waals surface area contributed by atoms with Crippen molar-refractivity contribution in [1.82, 2.24) is 15.2 Å². The molecule has 34 heavy (non-hydrogen) atoms. The van der Waals surface area contributed by atoms with Gasteiger partial charge in [-0.25, -0.2) is 9.78 Å². The highest BCUT2D eigenvalue weighted by Gasteiger charge is 2.29. The summed E-state index contributed by atoms with van der Waals surface area (Å²) in [6.45, 7) is 1.42. The zero-order valence-electron chi connectivity index (χ0n) is 18.2. The Morgan fingerprint density at radius 1 is 1.18 bits per heavy atom. The molecule has 0 bridgehead atoms. The van der Waals surface area contributed by atoms with E-state index in [1.165, 1.54) is 0 Å². The highest BCUT2D eigenvalue weighted by Crippen LogP contribution is 2.31. The van der Waals surface area contributed by atoms with Crippen LogP contribution in [0.3, 0.4) is 0 Å². The van der Waals surface area contributed by atoms with Crippen molar-refractivity contribution < 1.29 is 23.9 Å². The van der Waals surface area contributed by atoms with Crippen molar-refractivity contribution in [3.63, 3.8) is 0 Å². The van der Waals surface area contributed by atoms with Crippen LogP contribution in [0.2, 0.25) is 5.02 Å². The first kappa shape index (κ1) is 23.7. The maximum absolute atomic E-state index is 13.0. The Bertz CT molecular complexity index is 1300. The third-order valence-electron chi connectivity index (χ3n) is 5.27. The third-order valence-corrected chi connectivity index (χ3v) is 6.36. The average molecular weight is 498 g/mol. The zero-order chi connectivity index (χ0) is 24.2. The number of aromatic nitrogens is 1. The lowest BCUT2D eigenvalue weighted by molar-refractivity contribution is -0.126. The Kier molecular flexibility index (Phi) is 7.14. The van der Waals surface area contributed by atoms with Gasteiger partial charge in [0, 0.05) is 29.1 Å². The van der Waals surface area contributed by atoms with Crippen LogP contribution in [-0.4, -0.2) is 58.4 Å². The number of imide groups is 1. The standard InChI is InChI=1S/C24H20ClN3O5S/c1-14-21(23(31)33-12-19(29)26-9-10-28-20(30)13-34-24(28)32)17-7-2-3-8-18(17)27-22(14)15-5-4-6-16(25)11-15/h2-8,11H,9-10,12-13H2,1H3,(H,26,29). The van der Waals surface area contributed by atoms with Gasteiger partial charge in [0.2, 0.25) is 5.91 Å². The number of halogens is 1. The number of carbonyl (C=O) groups is 4. The predicted molar refractivity (Wildman–Crippen MR) is 130 cm³/mol. The molecule has 8 nitrogen and oxygen atoms in total. The van der Waals surface area contributed by atoms with E-state index in [0.717, 1.165) is 22.2 Å². The summed E-state index contributed by atoms with van der Waals surface area (Å²) < 4.78 is 5.30. The molecule has 3 aromatic rings. The van der Waals surface area contributed by atoms with Gasteiger partial charge in [0.05, 0.1) is 22.5 Å². The SMILES string of the molecule is Cc1c(-c2cccc(Cl)c2)nc2ccccc2c1C(=O)OCC(=O)NCCN1C(=O)CSC1=O. The Balaban J connectivity index is 1.48. The minimum Gasteiger partial charge on any atom is -0.452 e. The highest BCUT2D eigenvalue weighted by molar-refractivity contribution is 8.14. The molecule has 1 fully saturated rings. The molecule has 2 heterocycles. The number of rotatable bonds is 7. The Hall–Kier alpha value is -3.43. The Labute approximate surface area is 204 Å². The van der Waals surface area contributed by atoms with E-state index in [9.17, 15) is 19.2 Å².